The number of carboxylic acids is 1. The van der Waals surface area contributed by atoms with Crippen LogP contribution in [0.2, 0.25) is 0 Å². The first-order valence-corrected chi connectivity index (χ1v) is 8.86. The minimum absolute atomic E-state index is 0.206. The molecular weight excluding hydrogens is 326 g/mol. The number of ether oxygens (including phenoxy) is 1. The summed E-state index contributed by atoms with van der Waals surface area (Å²) in [4.78, 5) is 16.5. The van der Waals surface area contributed by atoms with Crippen LogP contribution in [0.3, 0.4) is 0 Å². The number of rotatable bonds is 6. The highest BCUT2D eigenvalue weighted by atomic mass is 16.5. The van der Waals surface area contributed by atoms with Gasteiger partial charge in [-0.1, -0.05) is 25.0 Å². The van der Waals surface area contributed by atoms with Crippen LogP contribution in [-0.2, 0) is 0 Å². The lowest BCUT2D eigenvalue weighted by Crippen LogP contribution is -2.24. The maximum Gasteiger partial charge on any atom is 0.119 e. The Hall–Kier alpha value is -2.88. The van der Waals surface area contributed by atoms with Crippen molar-refractivity contribution in [3.05, 3.63) is 59.2 Å². The van der Waals surface area contributed by atoms with Crippen molar-refractivity contribution < 1.29 is 14.6 Å². The summed E-state index contributed by atoms with van der Waals surface area (Å²) < 4.78 is 5.69. The number of fused-ring (bicyclic) bond motifs is 1. The summed E-state index contributed by atoms with van der Waals surface area (Å²) >= 11 is 0. The zero-order valence-electron chi connectivity index (χ0n) is 15.3. The highest BCUT2D eigenvalue weighted by Gasteiger charge is 2.14. The molecule has 3 aromatic rings. The molecule has 0 saturated heterocycles. The third kappa shape index (κ3) is 3.54. The molecule has 4 heteroatoms. The second-order valence-electron chi connectivity index (χ2n) is 6.49. The Bertz CT molecular complexity index is 946. The third-order valence-electron chi connectivity index (χ3n) is 4.48. The van der Waals surface area contributed by atoms with Crippen LogP contribution in [0.15, 0.2) is 42.5 Å². The summed E-state index contributed by atoms with van der Waals surface area (Å²) in [5.74, 6) is -0.377. The minimum Gasteiger partial charge on any atom is -0.545 e. The number of carbonyl (C=O) groups is 1. The standard InChI is InChI=1S/C22H23NO3/c1-4-5-12-26-17-9-7-16(8-10-17)21-15(3)20(22(24)25)18-13-14(2)6-11-19(18)23-21/h6-11,13H,4-5,12H2,1-3H3,(H,24,25)/p-1. The lowest BCUT2D eigenvalue weighted by atomic mass is 9.97. The van der Waals surface area contributed by atoms with Crippen LogP contribution >= 0.6 is 0 Å². The van der Waals surface area contributed by atoms with Gasteiger partial charge in [-0.25, -0.2) is 4.98 Å². The fraction of sp³-hybridized carbons (Fsp3) is 0.273. The van der Waals surface area contributed by atoms with Gasteiger partial charge in [0.15, 0.2) is 0 Å². The van der Waals surface area contributed by atoms with E-state index in [1.54, 1.807) is 6.92 Å². The van der Waals surface area contributed by atoms with Crippen LogP contribution in [0.4, 0.5) is 0 Å². The highest BCUT2D eigenvalue weighted by molar-refractivity contribution is 6.04. The number of nitrogens with zero attached hydrogens (tertiary/aromatic N) is 1. The Morgan fingerprint density at radius 1 is 1.12 bits per heavy atom. The molecule has 0 aliphatic heterocycles. The normalized spacial score (nSPS) is 10.9. The molecule has 2 aromatic carbocycles. The fourth-order valence-electron chi connectivity index (χ4n) is 3.06. The van der Waals surface area contributed by atoms with Gasteiger partial charge < -0.3 is 14.6 Å². The van der Waals surface area contributed by atoms with E-state index in [1.165, 1.54) is 0 Å². The fourth-order valence-corrected chi connectivity index (χ4v) is 3.06. The zero-order chi connectivity index (χ0) is 18.7. The Morgan fingerprint density at radius 2 is 1.85 bits per heavy atom. The summed E-state index contributed by atoms with van der Waals surface area (Å²) in [5, 5.41) is 12.4. The first-order valence-electron chi connectivity index (χ1n) is 8.86. The summed E-state index contributed by atoms with van der Waals surface area (Å²) in [5.41, 5.74) is 3.97. The molecule has 0 radical (unpaired) electrons. The molecule has 0 fully saturated rings. The molecule has 134 valence electrons. The second kappa shape index (κ2) is 7.56. The van der Waals surface area contributed by atoms with Crippen molar-refractivity contribution in [3.63, 3.8) is 0 Å². The van der Waals surface area contributed by atoms with E-state index in [4.69, 9.17) is 9.72 Å². The zero-order valence-corrected chi connectivity index (χ0v) is 15.3. The Labute approximate surface area is 153 Å². The topological polar surface area (TPSA) is 62.2 Å². The van der Waals surface area contributed by atoms with Crippen LogP contribution in [0.25, 0.3) is 22.2 Å². The smallest absolute Gasteiger partial charge is 0.119 e. The van der Waals surface area contributed by atoms with Crippen molar-refractivity contribution in [1.29, 1.82) is 0 Å². The number of pyridine rings is 1. The van der Waals surface area contributed by atoms with Gasteiger partial charge in [-0.15, -0.1) is 0 Å². The molecule has 3 rings (SSSR count). The van der Waals surface area contributed by atoms with Crippen molar-refractivity contribution in [3.8, 4) is 17.0 Å². The molecule has 0 aliphatic carbocycles. The number of carbonyl (C=O) groups excluding carboxylic acids is 1. The number of benzene rings is 2. The van der Waals surface area contributed by atoms with Crippen LogP contribution in [0.5, 0.6) is 5.75 Å². The first-order chi connectivity index (χ1) is 12.5. The van der Waals surface area contributed by atoms with E-state index in [1.807, 2.05) is 49.4 Å². The summed E-state index contributed by atoms with van der Waals surface area (Å²) in [6.07, 6.45) is 2.10. The van der Waals surface area contributed by atoms with Gasteiger partial charge in [0, 0.05) is 16.5 Å². The van der Waals surface area contributed by atoms with Crippen LogP contribution in [-0.4, -0.2) is 17.6 Å². The number of unbranched alkanes of at least 4 members (excludes halogenated alkanes) is 1. The van der Waals surface area contributed by atoms with Gasteiger partial charge in [-0.2, -0.15) is 0 Å². The van der Waals surface area contributed by atoms with Crippen molar-refractivity contribution in [2.45, 2.75) is 33.6 Å². The molecule has 0 amide bonds. The number of hydrogen-bond donors (Lipinski definition) is 0. The summed E-state index contributed by atoms with van der Waals surface area (Å²) in [6.45, 7) is 6.52. The Kier molecular flexibility index (Phi) is 5.21. The summed E-state index contributed by atoms with van der Waals surface area (Å²) in [6, 6.07) is 13.2. The average Bonchev–Trinajstić information content (AvgIpc) is 2.62. The van der Waals surface area contributed by atoms with Crippen molar-refractivity contribution in [1.82, 2.24) is 4.98 Å². The van der Waals surface area contributed by atoms with Gasteiger partial charge in [0.2, 0.25) is 0 Å². The largest absolute Gasteiger partial charge is 0.545 e. The minimum atomic E-state index is -1.18. The number of aromatic nitrogens is 1. The van der Waals surface area contributed by atoms with E-state index >= 15 is 0 Å². The van der Waals surface area contributed by atoms with Crippen molar-refractivity contribution in [2.24, 2.45) is 0 Å². The molecule has 1 aromatic heterocycles. The summed E-state index contributed by atoms with van der Waals surface area (Å²) in [7, 11) is 0. The van der Waals surface area contributed by atoms with E-state index < -0.39 is 5.97 Å². The van der Waals surface area contributed by atoms with Crippen molar-refractivity contribution in [2.75, 3.05) is 6.61 Å². The molecular formula is C22H22NO3-. The van der Waals surface area contributed by atoms with E-state index in [2.05, 4.69) is 6.92 Å². The van der Waals surface area contributed by atoms with Crippen LogP contribution in [0.1, 0.15) is 41.3 Å². The predicted molar refractivity (Wildman–Crippen MR) is 101 cm³/mol. The second-order valence-corrected chi connectivity index (χ2v) is 6.49. The molecule has 0 N–H and O–H groups in total. The average molecular weight is 348 g/mol. The van der Waals surface area contributed by atoms with Gasteiger partial charge in [0.1, 0.15) is 5.75 Å². The molecule has 0 atom stereocenters. The number of aryl methyl sites for hydroxylation is 1. The Morgan fingerprint density at radius 3 is 2.50 bits per heavy atom. The number of hydrogen-bond acceptors (Lipinski definition) is 4. The Balaban J connectivity index is 2.06. The number of carboxylic acid groups (broad SMARTS) is 1. The quantitative estimate of drug-likeness (QED) is 0.630. The van der Waals surface area contributed by atoms with Gasteiger partial charge >= 0.3 is 0 Å². The van der Waals surface area contributed by atoms with Gasteiger partial charge in [-0.3, -0.25) is 0 Å². The van der Waals surface area contributed by atoms with Gasteiger partial charge in [0.05, 0.1) is 23.8 Å². The van der Waals surface area contributed by atoms with Gasteiger partial charge in [-0.05, 0) is 62.2 Å². The molecule has 4 nitrogen and oxygen atoms in total. The lowest BCUT2D eigenvalue weighted by molar-refractivity contribution is -0.254. The first kappa shape index (κ1) is 17.9. The predicted octanol–water partition coefficient (Wildman–Crippen LogP) is 4.06. The number of aromatic carboxylic acids is 1. The van der Waals surface area contributed by atoms with E-state index in [0.717, 1.165) is 29.7 Å². The lowest BCUT2D eigenvalue weighted by Gasteiger charge is -2.16. The van der Waals surface area contributed by atoms with Gasteiger partial charge in [0.25, 0.3) is 0 Å². The highest BCUT2D eigenvalue weighted by Crippen LogP contribution is 2.30. The maximum atomic E-state index is 11.8. The molecule has 0 spiro atoms. The third-order valence-corrected chi connectivity index (χ3v) is 4.48. The monoisotopic (exact) mass is 348 g/mol. The molecule has 26 heavy (non-hydrogen) atoms. The van der Waals surface area contributed by atoms with E-state index in [9.17, 15) is 9.90 Å². The molecule has 0 saturated carbocycles. The van der Waals surface area contributed by atoms with Crippen LogP contribution in [0, 0.1) is 13.8 Å². The van der Waals surface area contributed by atoms with E-state index in [-0.39, 0.29) is 5.56 Å². The van der Waals surface area contributed by atoms with Crippen LogP contribution < -0.4 is 9.84 Å². The SMILES string of the molecule is CCCCOc1ccc(-c2nc3ccc(C)cc3c(C(=O)[O-])c2C)cc1. The molecule has 0 unspecified atom stereocenters. The molecule has 0 bridgehead atoms. The molecule has 0 aliphatic rings. The molecule has 1 heterocycles. The maximum absolute atomic E-state index is 11.8. The van der Waals surface area contributed by atoms with E-state index in [0.29, 0.717) is 28.8 Å². The van der Waals surface area contributed by atoms with Crippen molar-refractivity contribution >= 4 is 16.9 Å².